The second-order valence-electron chi connectivity index (χ2n) is 6.48. The lowest BCUT2D eigenvalue weighted by Crippen LogP contribution is -2.46. The van der Waals surface area contributed by atoms with Crippen LogP contribution in [0.2, 0.25) is 0 Å². The molecular formula is C21H30ClNO2. The van der Waals surface area contributed by atoms with E-state index in [0.29, 0.717) is 6.42 Å². The predicted molar refractivity (Wildman–Crippen MR) is 108 cm³/mol. The first-order chi connectivity index (χ1) is 11.0. The van der Waals surface area contributed by atoms with Gasteiger partial charge in [-0.2, -0.15) is 0 Å². The molecule has 0 saturated carbocycles. The summed E-state index contributed by atoms with van der Waals surface area (Å²) in [6, 6.07) is 20.5. The molecule has 0 unspecified atom stereocenters. The Morgan fingerprint density at radius 1 is 0.960 bits per heavy atom. The summed E-state index contributed by atoms with van der Waals surface area (Å²) in [5, 5.41) is 0. The molecule has 0 aliphatic heterocycles. The van der Waals surface area contributed by atoms with Gasteiger partial charge in [-0.1, -0.05) is 74.5 Å². The number of Topliss-reactive ketones (excluding diaryl/α,β-unsaturated/α-hetero) is 1. The topological polar surface area (TPSA) is 51.8 Å². The van der Waals surface area contributed by atoms with Crippen molar-refractivity contribution in [3.05, 3.63) is 71.8 Å². The van der Waals surface area contributed by atoms with Crippen LogP contribution in [0.15, 0.2) is 60.7 Å². The maximum atomic E-state index is 13.2. The summed E-state index contributed by atoms with van der Waals surface area (Å²) in [6.07, 6.45) is 0.529. The minimum Gasteiger partial charge on any atom is -0.412 e. The summed E-state index contributed by atoms with van der Waals surface area (Å²) < 4.78 is 0. The van der Waals surface area contributed by atoms with Gasteiger partial charge >= 0.3 is 0 Å². The van der Waals surface area contributed by atoms with Crippen molar-refractivity contribution in [1.82, 2.24) is 4.90 Å². The van der Waals surface area contributed by atoms with Gasteiger partial charge in [0, 0.05) is 13.0 Å². The monoisotopic (exact) mass is 363 g/mol. The Morgan fingerprint density at radius 3 is 1.68 bits per heavy atom. The van der Waals surface area contributed by atoms with E-state index in [1.165, 1.54) is 0 Å². The summed E-state index contributed by atoms with van der Waals surface area (Å²) in [7, 11) is 4.13. The van der Waals surface area contributed by atoms with Gasteiger partial charge in [-0.15, -0.1) is 12.4 Å². The maximum Gasteiger partial charge on any atom is 0.147 e. The molecule has 2 aromatic rings. The highest BCUT2D eigenvalue weighted by Crippen LogP contribution is 2.41. The van der Waals surface area contributed by atoms with Crippen molar-refractivity contribution in [3.8, 4) is 0 Å². The van der Waals surface area contributed by atoms with Gasteiger partial charge in [0.05, 0.1) is 5.41 Å². The number of carbonyl (C=O) groups excluding carboxylic acids is 1. The van der Waals surface area contributed by atoms with Crippen LogP contribution in [0.1, 0.15) is 31.4 Å². The largest absolute Gasteiger partial charge is 0.412 e. The van der Waals surface area contributed by atoms with Crippen molar-refractivity contribution in [2.75, 3.05) is 20.6 Å². The van der Waals surface area contributed by atoms with Gasteiger partial charge in [0.15, 0.2) is 0 Å². The van der Waals surface area contributed by atoms with Crippen molar-refractivity contribution in [1.29, 1.82) is 0 Å². The lowest BCUT2D eigenvalue weighted by molar-refractivity contribution is -0.124. The van der Waals surface area contributed by atoms with Gasteiger partial charge in [-0.05, 0) is 31.1 Å². The van der Waals surface area contributed by atoms with E-state index in [-0.39, 0.29) is 29.6 Å². The quantitative estimate of drug-likeness (QED) is 0.752. The minimum absolute atomic E-state index is 0. The van der Waals surface area contributed by atoms with Crippen LogP contribution in [0.5, 0.6) is 0 Å². The molecule has 2 N–H and O–H groups in total. The second kappa shape index (κ2) is 10.3. The Labute approximate surface area is 157 Å². The van der Waals surface area contributed by atoms with Crippen LogP contribution in [0.3, 0.4) is 0 Å². The van der Waals surface area contributed by atoms with Gasteiger partial charge < -0.3 is 10.4 Å². The zero-order valence-electron chi connectivity index (χ0n) is 15.5. The number of nitrogens with zero attached hydrogens (tertiary/aromatic N) is 1. The van der Waals surface area contributed by atoms with Crippen LogP contribution in [0.25, 0.3) is 0 Å². The SMILES string of the molecule is CCC(=O)C(c1ccccc1)(c1ccccc1)[C@H](C)CN(C)C.Cl.O. The van der Waals surface area contributed by atoms with Gasteiger partial charge in [0.25, 0.3) is 0 Å². The van der Waals surface area contributed by atoms with Crippen molar-refractivity contribution < 1.29 is 10.3 Å². The molecule has 0 amide bonds. The Hall–Kier alpha value is -1.68. The van der Waals surface area contributed by atoms with E-state index in [4.69, 9.17) is 0 Å². The highest BCUT2D eigenvalue weighted by Gasteiger charge is 2.45. The first-order valence-corrected chi connectivity index (χ1v) is 8.32. The first kappa shape index (κ1) is 23.3. The van der Waals surface area contributed by atoms with E-state index in [1.54, 1.807) is 0 Å². The van der Waals surface area contributed by atoms with Crippen LogP contribution < -0.4 is 0 Å². The van der Waals surface area contributed by atoms with Gasteiger partial charge in [0.2, 0.25) is 0 Å². The molecule has 0 saturated heterocycles. The molecule has 3 nitrogen and oxygen atoms in total. The fourth-order valence-corrected chi connectivity index (χ4v) is 3.70. The average Bonchev–Trinajstić information content (AvgIpc) is 2.56. The van der Waals surface area contributed by atoms with E-state index >= 15 is 0 Å². The fourth-order valence-electron chi connectivity index (χ4n) is 3.70. The summed E-state index contributed by atoms with van der Waals surface area (Å²) >= 11 is 0. The molecule has 0 radical (unpaired) electrons. The summed E-state index contributed by atoms with van der Waals surface area (Å²) in [5.41, 5.74) is 1.58. The zero-order valence-corrected chi connectivity index (χ0v) is 16.3. The van der Waals surface area contributed by atoms with Crippen LogP contribution in [0, 0.1) is 5.92 Å². The Balaban J connectivity index is 0.00000288. The van der Waals surface area contributed by atoms with E-state index in [2.05, 4.69) is 50.2 Å². The van der Waals surface area contributed by atoms with Crippen molar-refractivity contribution in [2.24, 2.45) is 5.92 Å². The molecule has 0 bridgehead atoms. The molecule has 4 heteroatoms. The molecule has 1 atom stereocenters. The van der Waals surface area contributed by atoms with Crippen molar-refractivity contribution in [2.45, 2.75) is 25.7 Å². The summed E-state index contributed by atoms with van der Waals surface area (Å²) in [4.78, 5) is 15.4. The average molecular weight is 364 g/mol. The zero-order chi connectivity index (χ0) is 16.9. The molecule has 138 valence electrons. The Kier molecular flexibility index (Phi) is 9.65. The molecule has 2 rings (SSSR count). The molecular weight excluding hydrogens is 334 g/mol. The lowest BCUT2D eigenvalue weighted by atomic mass is 9.63. The minimum atomic E-state index is -0.596. The third kappa shape index (κ3) is 4.69. The normalized spacial score (nSPS) is 12.0. The number of benzene rings is 2. The van der Waals surface area contributed by atoms with Crippen LogP contribution in [-0.2, 0) is 10.2 Å². The maximum absolute atomic E-state index is 13.2. The third-order valence-corrected chi connectivity index (χ3v) is 4.60. The molecule has 0 spiro atoms. The van der Waals surface area contributed by atoms with Crippen LogP contribution >= 0.6 is 12.4 Å². The molecule has 0 fully saturated rings. The molecule has 0 heterocycles. The fraction of sp³-hybridized carbons (Fsp3) is 0.381. The van der Waals surface area contributed by atoms with E-state index < -0.39 is 5.41 Å². The first-order valence-electron chi connectivity index (χ1n) is 8.32. The summed E-state index contributed by atoms with van der Waals surface area (Å²) in [6.45, 7) is 5.01. The van der Waals surface area contributed by atoms with E-state index in [0.717, 1.165) is 17.7 Å². The standard InChI is InChI=1S/C21H27NO.ClH.H2O/c1-5-20(23)21(17(2)16-22(3)4,18-12-8-6-9-13-18)19-14-10-7-11-15-19;;/h6-15,17H,5,16H2,1-4H3;1H;1H2/t17-;;/m1../s1. The Morgan fingerprint density at radius 2 is 1.36 bits per heavy atom. The van der Waals surface area contributed by atoms with Gasteiger partial charge in [-0.25, -0.2) is 0 Å². The molecule has 2 aromatic carbocycles. The highest BCUT2D eigenvalue weighted by molar-refractivity contribution is 5.94. The predicted octanol–water partition coefficient (Wildman–Crippen LogP) is 3.75. The van der Waals surface area contributed by atoms with Crippen molar-refractivity contribution >= 4 is 18.2 Å². The number of hydrogen-bond acceptors (Lipinski definition) is 2. The molecule has 0 aromatic heterocycles. The number of carbonyl (C=O) groups is 1. The molecule has 0 aliphatic rings. The van der Waals surface area contributed by atoms with E-state index in [9.17, 15) is 4.79 Å². The second-order valence-corrected chi connectivity index (χ2v) is 6.48. The van der Waals surface area contributed by atoms with Gasteiger partial charge in [-0.3, -0.25) is 4.79 Å². The molecule has 25 heavy (non-hydrogen) atoms. The lowest BCUT2D eigenvalue weighted by Gasteiger charge is -2.40. The number of ketones is 1. The highest BCUT2D eigenvalue weighted by atomic mass is 35.5. The number of rotatable bonds is 7. The van der Waals surface area contributed by atoms with Crippen molar-refractivity contribution in [3.63, 3.8) is 0 Å². The molecule has 0 aliphatic carbocycles. The van der Waals surface area contributed by atoms with Crippen LogP contribution in [0.4, 0.5) is 0 Å². The smallest absolute Gasteiger partial charge is 0.147 e. The van der Waals surface area contributed by atoms with E-state index in [1.807, 2.05) is 43.3 Å². The summed E-state index contributed by atoms with van der Waals surface area (Å²) in [5.74, 6) is 0.457. The Bertz CT molecular complexity index is 589. The number of halogens is 1. The third-order valence-electron chi connectivity index (χ3n) is 4.60. The van der Waals surface area contributed by atoms with Gasteiger partial charge in [0.1, 0.15) is 5.78 Å². The van der Waals surface area contributed by atoms with Crippen LogP contribution in [-0.4, -0.2) is 36.8 Å². The number of hydrogen-bond donors (Lipinski definition) is 0.